The fraction of sp³-hybridized carbons (Fsp3) is 0.364. The van der Waals surface area contributed by atoms with E-state index in [-0.39, 0.29) is 6.61 Å². The molecular formula is C11H16N2O4. The molecule has 3 N–H and O–H groups in total. The molecule has 0 saturated carbocycles. The third kappa shape index (κ3) is 5.19. The Labute approximate surface area is 99.6 Å². The van der Waals surface area contributed by atoms with E-state index in [1.807, 2.05) is 24.3 Å². The Balaban J connectivity index is 2.19. The van der Waals surface area contributed by atoms with Crippen LogP contribution in [-0.2, 0) is 9.63 Å². The summed E-state index contributed by atoms with van der Waals surface area (Å²) in [5.74, 6) is 0.806. The van der Waals surface area contributed by atoms with Gasteiger partial charge in [-0.15, -0.1) is 0 Å². The second-order valence-electron chi connectivity index (χ2n) is 3.15. The van der Waals surface area contributed by atoms with Crippen molar-refractivity contribution in [2.45, 2.75) is 0 Å². The summed E-state index contributed by atoms with van der Waals surface area (Å²) in [5.41, 5.74) is 7.44. The highest BCUT2D eigenvalue weighted by Gasteiger charge is 2.01. The van der Waals surface area contributed by atoms with Crippen molar-refractivity contribution in [1.82, 2.24) is 5.48 Å². The molecule has 94 valence electrons. The molecular weight excluding hydrogens is 224 g/mol. The van der Waals surface area contributed by atoms with Crippen LogP contribution in [0.25, 0.3) is 0 Å². The van der Waals surface area contributed by atoms with Crippen LogP contribution < -0.4 is 20.7 Å². The molecule has 17 heavy (non-hydrogen) atoms. The monoisotopic (exact) mass is 240 g/mol. The van der Waals surface area contributed by atoms with Gasteiger partial charge in [-0.3, -0.25) is 9.63 Å². The number of amides is 1. The second kappa shape index (κ2) is 7.48. The summed E-state index contributed by atoms with van der Waals surface area (Å²) in [4.78, 5) is 15.1. The molecule has 0 unspecified atom stereocenters. The summed E-state index contributed by atoms with van der Waals surface area (Å²) in [6.45, 7) is 0.666. The number of hydrogen-bond donors (Lipinski definition) is 2. The molecule has 1 rings (SSSR count). The zero-order chi connectivity index (χ0) is 12.5. The van der Waals surface area contributed by atoms with Crippen molar-refractivity contribution >= 4 is 5.91 Å². The van der Waals surface area contributed by atoms with Crippen molar-refractivity contribution in [3.05, 3.63) is 24.3 Å². The number of primary amides is 1. The van der Waals surface area contributed by atoms with E-state index in [0.29, 0.717) is 24.7 Å². The van der Waals surface area contributed by atoms with E-state index in [1.165, 1.54) is 0 Å². The minimum absolute atomic E-state index is 0.158. The van der Waals surface area contributed by atoms with E-state index < -0.39 is 5.91 Å². The standard InChI is InChI=1S/C11H16N2O4/c1-15-9-4-2-3-5-10(9)16-7-6-13-17-8-11(12)14/h2-5,13H,6-8H2,1H3,(H2,12,14). The normalized spacial score (nSPS) is 9.94. The van der Waals surface area contributed by atoms with Gasteiger partial charge in [0, 0.05) is 0 Å². The first kappa shape index (κ1) is 13.3. The van der Waals surface area contributed by atoms with E-state index in [4.69, 9.17) is 20.0 Å². The van der Waals surface area contributed by atoms with Crippen LogP contribution >= 0.6 is 0 Å². The number of hydrogen-bond acceptors (Lipinski definition) is 5. The molecule has 0 fully saturated rings. The molecule has 0 aliphatic rings. The molecule has 6 nitrogen and oxygen atoms in total. The largest absolute Gasteiger partial charge is 0.493 e. The lowest BCUT2D eigenvalue weighted by Crippen LogP contribution is -2.27. The van der Waals surface area contributed by atoms with Crippen molar-refractivity contribution in [2.75, 3.05) is 26.9 Å². The van der Waals surface area contributed by atoms with Crippen LogP contribution in [0.4, 0.5) is 0 Å². The highest BCUT2D eigenvalue weighted by Crippen LogP contribution is 2.25. The molecule has 0 atom stereocenters. The Kier molecular flexibility index (Phi) is 5.84. The van der Waals surface area contributed by atoms with Crippen molar-refractivity contribution in [3.63, 3.8) is 0 Å². The number of nitrogens with one attached hydrogen (secondary N) is 1. The van der Waals surface area contributed by atoms with Gasteiger partial charge in [-0.05, 0) is 12.1 Å². The first-order valence-corrected chi connectivity index (χ1v) is 5.13. The molecule has 1 aromatic carbocycles. The Morgan fingerprint density at radius 3 is 2.71 bits per heavy atom. The summed E-state index contributed by atoms with van der Waals surface area (Å²) in [6, 6.07) is 7.34. The van der Waals surface area contributed by atoms with Crippen molar-refractivity contribution < 1.29 is 19.1 Å². The van der Waals surface area contributed by atoms with Crippen LogP contribution in [-0.4, -0.2) is 32.8 Å². The molecule has 0 aliphatic carbocycles. The average Bonchev–Trinajstić information content (AvgIpc) is 2.33. The zero-order valence-electron chi connectivity index (χ0n) is 9.64. The maximum absolute atomic E-state index is 10.3. The Morgan fingerprint density at radius 1 is 1.35 bits per heavy atom. The van der Waals surface area contributed by atoms with E-state index in [0.717, 1.165) is 0 Å². The van der Waals surface area contributed by atoms with Crippen LogP contribution in [0, 0.1) is 0 Å². The van der Waals surface area contributed by atoms with Gasteiger partial charge in [0.1, 0.15) is 13.2 Å². The quantitative estimate of drug-likeness (QED) is 0.496. The molecule has 1 aromatic rings. The van der Waals surface area contributed by atoms with E-state index >= 15 is 0 Å². The number of methoxy groups -OCH3 is 1. The van der Waals surface area contributed by atoms with Gasteiger partial charge in [0.2, 0.25) is 5.91 Å². The Hall–Kier alpha value is -1.79. The van der Waals surface area contributed by atoms with Crippen LogP contribution in [0.15, 0.2) is 24.3 Å². The molecule has 0 saturated heterocycles. The van der Waals surface area contributed by atoms with Crippen LogP contribution in [0.3, 0.4) is 0 Å². The Morgan fingerprint density at radius 2 is 2.06 bits per heavy atom. The predicted molar refractivity (Wildman–Crippen MR) is 61.6 cm³/mol. The Bertz CT molecular complexity index is 357. The van der Waals surface area contributed by atoms with Crippen molar-refractivity contribution in [1.29, 1.82) is 0 Å². The van der Waals surface area contributed by atoms with Gasteiger partial charge < -0.3 is 15.2 Å². The highest BCUT2D eigenvalue weighted by atomic mass is 16.6. The number of ether oxygens (including phenoxy) is 2. The number of rotatable bonds is 8. The molecule has 0 aromatic heterocycles. The molecule has 0 heterocycles. The maximum Gasteiger partial charge on any atom is 0.245 e. The third-order valence-electron chi connectivity index (χ3n) is 1.85. The van der Waals surface area contributed by atoms with Gasteiger partial charge in [-0.2, -0.15) is 5.48 Å². The number of benzene rings is 1. The molecule has 1 amide bonds. The zero-order valence-corrected chi connectivity index (χ0v) is 9.64. The lowest BCUT2D eigenvalue weighted by molar-refractivity contribution is -0.125. The second-order valence-corrected chi connectivity index (χ2v) is 3.15. The van der Waals surface area contributed by atoms with E-state index in [9.17, 15) is 4.79 Å². The molecule has 0 bridgehead atoms. The minimum atomic E-state index is -0.525. The third-order valence-corrected chi connectivity index (χ3v) is 1.85. The summed E-state index contributed by atoms with van der Waals surface area (Å²) >= 11 is 0. The fourth-order valence-corrected chi connectivity index (χ4v) is 1.14. The van der Waals surface area contributed by atoms with Crippen molar-refractivity contribution in [2.24, 2.45) is 5.73 Å². The maximum atomic E-state index is 10.3. The molecule has 0 aliphatic heterocycles. The highest BCUT2D eigenvalue weighted by molar-refractivity contribution is 5.74. The van der Waals surface area contributed by atoms with Gasteiger partial charge in [-0.25, -0.2) is 0 Å². The number of para-hydroxylation sites is 2. The number of carbonyl (C=O) groups is 1. The fourth-order valence-electron chi connectivity index (χ4n) is 1.14. The topological polar surface area (TPSA) is 82.8 Å². The number of hydroxylamine groups is 1. The molecule has 0 radical (unpaired) electrons. The first-order chi connectivity index (χ1) is 8.24. The van der Waals surface area contributed by atoms with Crippen LogP contribution in [0.5, 0.6) is 11.5 Å². The van der Waals surface area contributed by atoms with Gasteiger partial charge >= 0.3 is 0 Å². The van der Waals surface area contributed by atoms with Gasteiger partial charge in [-0.1, -0.05) is 12.1 Å². The van der Waals surface area contributed by atoms with Gasteiger partial charge in [0.25, 0.3) is 0 Å². The average molecular weight is 240 g/mol. The van der Waals surface area contributed by atoms with E-state index in [1.54, 1.807) is 7.11 Å². The summed E-state index contributed by atoms with van der Waals surface area (Å²) in [5, 5.41) is 0. The number of nitrogens with two attached hydrogens (primary N) is 1. The van der Waals surface area contributed by atoms with Crippen LogP contribution in [0.1, 0.15) is 0 Å². The lowest BCUT2D eigenvalue weighted by Gasteiger charge is -2.10. The summed E-state index contributed by atoms with van der Waals surface area (Å²) in [7, 11) is 1.58. The lowest BCUT2D eigenvalue weighted by atomic mass is 10.3. The van der Waals surface area contributed by atoms with Gasteiger partial charge in [0.05, 0.1) is 13.7 Å². The van der Waals surface area contributed by atoms with E-state index in [2.05, 4.69) is 5.48 Å². The van der Waals surface area contributed by atoms with Crippen LogP contribution in [0.2, 0.25) is 0 Å². The summed E-state index contributed by atoms with van der Waals surface area (Å²) < 4.78 is 10.6. The number of carbonyl (C=O) groups excluding carboxylic acids is 1. The SMILES string of the molecule is COc1ccccc1OCCNOCC(N)=O. The minimum Gasteiger partial charge on any atom is -0.493 e. The first-order valence-electron chi connectivity index (χ1n) is 5.13. The molecule has 0 spiro atoms. The smallest absolute Gasteiger partial charge is 0.245 e. The molecule has 6 heteroatoms. The van der Waals surface area contributed by atoms with Crippen molar-refractivity contribution in [3.8, 4) is 11.5 Å². The summed E-state index contributed by atoms with van der Waals surface area (Å²) in [6.07, 6.45) is 0. The predicted octanol–water partition coefficient (Wildman–Crippen LogP) is 0.0805. The van der Waals surface area contributed by atoms with Gasteiger partial charge in [0.15, 0.2) is 11.5 Å².